The van der Waals surface area contributed by atoms with Gasteiger partial charge in [0.25, 0.3) is 0 Å². The zero-order valence-corrected chi connectivity index (χ0v) is 11.4. The van der Waals surface area contributed by atoms with Crippen LogP contribution in [-0.4, -0.2) is 14.5 Å². The topological polar surface area (TPSA) is 56.7 Å². The number of halogens is 1. The second-order valence-electron chi connectivity index (χ2n) is 4.49. The molecular weight excluding hydrogens is 260 g/mol. The van der Waals surface area contributed by atoms with Crippen LogP contribution in [0.2, 0.25) is 5.02 Å². The maximum absolute atomic E-state index is 6.17. The lowest BCUT2D eigenvalue weighted by Gasteiger charge is -2.10. The van der Waals surface area contributed by atoms with E-state index in [2.05, 4.69) is 9.97 Å². The van der Waals surface area contributed by atoms with Gasteiger partial charge in [-0.05, 0) is 43.2 Å². The van der Waals surface area contributed by atoms with Gasteiger partial charge in [0.2, 0.25) is 5.95 Å². The summed E-state index contributed by atoms with van der Waals surface area (Å²) >= 11 is 6.17. The van der Waals surface area contributed by atoms with E-state index in [4.69, 9.17) is 17.3 Å². The minimum atomic E-state index is 0.419. The van der Waals surface area contributed by atoms with E-state index >= 15 is 0 Å². The Morgan fingerprint density at radius 1 is 1.21 bits per heavy atom. The molecule has 0 unspecified atom stereocenters. The normalized spacial score (nSPS) is 11.1. The fourth-order valence-electron chi connectivity index (χ4n) is 2.19. The molecule has 0 aliphatic heterocycles. The van der Waals surface area contributed by atoms with Crippen LogP contribution in [0.3, 0.4) is 0 Å². The Morgan fingerprint density at radius 3 is 2.79 bits per heavy atom. The maximum atomic E-state index is 6.17. The van der Waals surface area contributed by atoms with Crippen molar-refractivity contribution in [3.63, 3.8) is 0 Å². The second-order valence-corrected chi connectivity index (χ2v) is 4.90. The Morgan fingerprint density at radius 2 is 2.00 bits per heavy atom. The number of nitrogens with two attached hydrogens (primary N) is 1. The molecule has 0 amide bonds. The molecular formula is C14H13ClN4. The molecule has 0 saturated carbocycles. The highest BCUT2D eigenvalue weighted by Crippen LogP contribution is 2.28. The molecule has 2 N–H and O–H groups in total. The van der Waals surface area contributed by atoms with E-state index in [9.17, 15) is 0 Å². The predicted octanol–water partition coefficient (Wildman–Crippen LogP) is 3.27. The van der Waals surface area contributed by atoms with Crippen molar-refractivity contribution < 1.29 is 0 Å². The van der Waals surface area contributed by atoms with Crippen molar-refractivity contribution in [3.05, 3.63) is 46.6 Å². The summed E-state index contributed by atoms with van der Waals surface area (Å²) in [6.45, 7) is 3.95. The van der Waals surface area contributed by atoms with Crippen LogP contribution < -0.4 is 5.73 Å². The van der Waals surface area contributed by atoms with Gasteiger partial charge in [0.1, 0.15) is 5.52 Å². The zero-order valence-electron chi connectivity index (χ0n) is 10.7. The van der Waals surface area contributed by atoms with Crippen LogP contribution >= 0.6 is 11.6 Å². The van der Waals surface area contributed by atoms with Crippen LogP contribution in [0.5, 0.6) is 0 Å². The van der Waals surface area contributed by atoms with Gasteiger partial charge < -0.3 is 5.73 Å². The number of anilines is 1. The molecule has 0 spiro atoms. The Bertz CT molecular complexity index is 776. The van der Waals surface area contributed by atoms with Crippen molar-refractivity contribution in [2.24, 2.45) is 0 Å². The van der Waals surface area contributed by atoms with Crippen molar-refractivity contribution in [2.45, 2.75) is 13.8 Å². The van der Waals surface area contributed by atoms with Crippen molar-refractivity contribution in [1.82, 2.24) is 14.5 Å². The number of aryl methyl sites for hydroxylation is 1. The number of rotatable bonds is 1. The number of imidazole rings is 1. The summed E-state index contributed by atoms with van der Waals surface area (Å²) in [5.74, 6) is 0.419. The monoisotopic (exact) mass is 272 g/mol. The third-order valence-electron chi connectivity index (χ3n) is 3.25. The molecule has 3 rings (SSSR count). The van der Waals surface area contributed by atoms with Crippen LogP contribution in [0.15, 0.2) is 30.5 Å². The SMILES string of the molecule is Cc1c(Cl)cccc1-n1c(N)nc2c(C)ccnc21. The van der Waals surface area contributed by atoms with Crippen molar-refractivity contribution in [2.75, 3.05) is 5.73 Å². The van der Waals surface area contributed by atoms with Crippen LogP contribution in [0.1, 0.15) is 11.1 Å². The fraction of sp³-hybridized carbons (Fsp3) is 0.143. The molecule has 0 atom stereocenters. The van der Waals surface area contributed by atoms with E-state index in [0.717, 1.165) is 28.0 Å². The Labute approximate surface area is 115 Å². The van der Waals surface area contributed by atoms with E-state index < -0.39 is 0 Å². The van der Waals surface area contributed by atoms with Gasteiger partial charge in [0, 0.05) is 11.2 Å². The molecule has 0 aliphatic rings. The molecule has 2 aromatic heterocycles. The molecule has 0 bridgehead atoms. The minimum Gasteiger partial charge on any atom is -0.369 e. The average molecular weight is 273 g/mol. The lowest BCUT2D eigenvalue weighted by Crippen LogP contribution is -2.03. The molecule has 0 aliphatic carbocycles. The maximum Gasteiger partial charge on any atom is 0.207 e. The van der Waals surface area contributed by atoms with Crippen LogP contribution in [0.4, 0.5) is 5.95 Å². The van der Waals surface area contributed by atoms with E-state index in [1.165, 1.54) is 0 Å². The van der Waals surface area contributed by atoms with E-state index in [1.54, 1.807) is 6.20 Å². The lowest BCUT2D eigenvalue weighted by atomic mass is 10.2. The third kappa shape index (κ3) is 1.76. The highest BCUT2D eigenvalue weighted by atomic mass is 35.5. The summed E-state index contributed by atoms with van der Waals surface area (Å²) in [5.41, 5.74) is 10.5. The molecule has 1 aromatic carbocycles. The summed E-state index contributed by atoms with van der Waals surface area (Å²) in [6.07, 6.45) is 1.76. The summed E-state index contributed by atoms with van der Waals surface area (Å²) in [4.78, 5) is 8.78. The smallest absolute Gasteiger partial charge is 0.207 e. The van der Waals surface area contributed by atoms with Crippen LogP contribution in [0, 0.1) is 13.8 Å². The molecule has 19 heavy (non-hydrogen) atoms. The number of hydrogen-bond donors (Lipinski definition) is 1. The van der Waals surface area contributed by atoms with Crippen molar-refractivity contribution in [1.29, 1.82) is 0 Å². The summed E-state index contributed by atoms with van der Waals surface area (Å²) < 4.78 is 1.84. The van der Waals surface area contributed by atoms with E-state index in [1.807, 2.05) is 42.7 Å². The summed E-state index contributed by atoms with van der Waals surface area (Å²) in [6, 6.07) is 7.63. The standard InChI is InChI=1S/C14H13ClN4/c1-8-6-7-17-13-12(8)18-14(16)19(13)11-5-3-4-10(15)9(11)2/h3-7H,1-2H3,(H2,16,18). The highest BCUT2D eigenvalue weighted by Gasteiger charge is 2.14. The van der Waals surface area contributed by atoms with Crippen LogP contribution in [-0.2, 0) is 0 Å². The first-order valence-corrected chi connectivity index (χ1v) is 6.32. The van der Waals surface area contributed by atoms with Gasteiger partial charge in [-0.15, -0.1) is 0 Å². The largest absolute Gasteiger partial charge is 0.369 e. The van der Waals surface area contributed by atoms with Gasteiger partial charge in [-0.25, -0.2) is 9.97 Å². The molecule has 4 nitrogen and oxygen atoms in total. The molecule has 0 radical (unpaired) electrons. The summed E-state index contributed by atoms with van der Waals surface area (Å²) in [7, 11) is 0. The Kier molecular flexibility index (Phi) is 2.68. The highest BCUT2D eigenvalue weighted by molar-refractivity contribution is 6.31. The molecule has 3 aromatic rings. The van der Waals surface area contributed by atoms with Gasteiger partial charge in [-0.2, -0.15) is 0 Å². The first-order chi connectivity index (χ1) is 9.09. The minimum absolute atomic E-state index is 0.419. The zero-order chi connectivity index (χ0) is 13.6. The average Bonchev–Trinajstić information content (AvgIpc) is 2.71. The second kappa shape index (κ2) is 4.24. The van der Waals surface area contributed by atoms with Gasteiger partial charge in [-0.1, -0.05) is 17.7 Å². The first-order valence-electron chi connectivity index (χ1n) is 5.94. The van der Waals surface area contributed by atoms with Gasteiger partial charge in [0.05, 0.1) is 5.69 Å². The fourth-order valence-corrected chi connectivity index (χ4v) is 2.36. The van der Waals surface area contributed by atoms with Crippen molar-refractivity contribution >= 4 is 28.7 Å². The van der Waals surface area contributed by atoms with Gasteiger partial charge in [0.15, 0.2) is 5.65 Å². The molecule has 0 fully saturated rings. The predicted molar refractivity (Wildman–Crippen MR) is 77.8 cm³/mol. The number of fused-ring (bicyclic) bond motifs is 1. The Hall–Kier alpha value is -2.07. The Balaban J connectivity index is 2.40. The van der Waals surface area contributed by atoms with E-state index in [-0.39, 0.29) is 0 Å². The van der Waals surface area contributed by atoms with Gasteiger partial charge >= 0.3 is 0 Å². The number of nitrogen functional groups attached to an aromatic ring is 1. The molecule has 2 heterocycles. The molecule has 0 saturated heterocycles. The first kappa shape index (κ1) is 12.0. The molecule has 5 heteroatoms. The quantitative estimate of drug-likeness (QED) is 0.740. The van der Waals surface area contributed by atoms with Crippen LogP contribution in [0.25, 0.3) is 16.9 Å². The third-order valence-corrected chi connectivity index (χ3v) is 3.66. The number of hydrogen-bond acceptors (Lipinski definition) is 3. The van der Waals surface area contributed by atoms with Gasteiger partial charge in [-0.3, -0.25) is 4.57 Å². The number of pyridine rings is 1. The molecule has 96 valence electrons. The number of aromatic nitrogens is 3. The van der Waals surface area contributed by atoms with E-state index in [0.29, 0.717) is 11.0 Å². The number of benzene rings is 1. The van der Waals surface area contributed by atoms with Crippen molar-refractivity contribution in [3.8, 4) is 5.69 Å². The summed E-state index contributed by atoms with van der Waals surface area (Å²) in [5, 5.41) is 0.700. The number of nitrogens with zero attached hydrogens (tertiary/aromatic N) is 3. The lowest BCUT2D eigenvalue weighted by molar-refractivity contribution is 1.07.